The summed E-state index contributed by atoms with van der Waals surface area (Å²) in [5.74, 6) is -1.40. The van der Waals surface area contributed by atoms with Gasteiger partial charge in [-0.1, -0.05) is 30.4 Å². The van der Waals surface area contributed by atoms with Crippen LogP contribution in [0.5, 0.6) is 0 Å². The molecule has 6 heteroatoms. The minimum atomic E-state index is -0.348. The van der Waals surface area contributed by atoms with E-state index in [1.807, 2.05) is 55.4 Å². The van der Waals surface area contributed by atoms with E-state index in [9.17, 15) is 14.4 Å². The lowest BCUT2D eigenvalue weighted by atomic mass is 9.85. The standard InChI is InChI=1S/C19H23N3O3/c1-21(2)11-13-7-3-6-10-16(13)20-17(23)12-22-18(24)14-8-4-5-9-15(14)19(22)25/h3-7,10,14-15H,8-9,11-12H2,1-2H3,(H,20,23)/t14-,15-/m0/s1. The lowest BCUT2D eigenvalue weighted by molar-refractivity contribution is -0.142. The summed E-state index contributed by atoms with van der Waals surface area (Å²) in [4.78, 5) is 40.4. The molecule has 132 valence electrons. The normalized spacial score (nSPS) is 22.4. The fourth-order valence-corrected chi connectivity index (χ4v) is 3.48. The maximum atomic E-state index is 12.4. The third-order valence-corrected chi connectivity index (χ3v) is 4.68. The van der Waals surface area contributed by atoms with E-state index in [2.05, 4.69) is 5.32 Å². The Kier molecular flexibility index (Phi) is 4.99. The molecular weight excluding hydrogens is 318 g/mol. The highest BCUT2D eigenvalue weighted by Crippen LogP contribution is 2.34. The van der Waals surface area contributed by atoms with Gasteiger partial charge in [-0.3, -0.25) is 19.3 Å². The highest BCUT2D eigenvalue weighted by molar-refractivity contribution is 6.08. The number of carbonyl (C=O) groups excluding carboxylic acids is 3. The lowest BCUT2D eigenvalue weighted by Gasteiger charge is -2.17. The molecule has 0 spiro atoms. The number of nitrogens with one attached hydrogen (secondary N) is 1. The number of rotatable bonds is 5. The third-order valence-electron chi connectivity index (χ3n) is 4.68. The number of amides is 3. The number of hydrogen-bond donors (Lipinski definition) is 1. The van der Waals surface area contributed by atoms with Gasteiger partial charge in [0.15, 0.2) is 0 Å². The van der Waals surface area contributed by atoms with Crippen LogP contribution in [0, 0.1) is 11.8 Å². The summed E-state index contributed by atoms with van der Waals surface area (Å²) >= 11 is 0. The Balaban J connectivity index is 1.67. The average Bonchev–Trinajstić information content (AvgIpc) is 2.82. The molecule has 1 aliphatic heterocycles. The Labute approximate surface area is 147 Å². The van der Waals surface area contributed by atoms with Gasteiger partial charge in [-0.25, -0.2) is 0 Å². The second-order valence-corrected chi connectivity index (χ2v) is 6.86. The van der Waals surface area contributed by atoms with Crippen LogP contribution in [-0.2, 0) is 20.9 Å². The van der Waals surface area contributed by atoms with Crippen molar-refractivity contribution in [1.82, 2.24) is 9.80 Å². The Morgan fingerprint density at radius 3 is 2.32 bits per heavy atom. The van der Waals surface area contributed by atoms with Crippen LogP contribution in [0.3, 0.4) is 0 Å². The van der Waals surface area contributed by atoms with E-state index in [4.69, 9.17) is 0 Å². The number of anilines is 1. The molecule has 0 unspecified atom stereocenters. The van der Waals surface area contributed by atoms with Gasteiger partial charge in [-0.05, 0) is 38.6 Å². The predicted molar refractivity (Wildman–Crippen MR) is 94.5 cm³/mol. The maximum absolute atomic E-state index is 12.4. The molecule has 6 nitrogen and oxygen atoms in total. The van der Waals surface area contributed by atoms with Crippen molar-refractivity contribution in [2.45, 2.75) is 19.4 Å². The van der Waals surface area contributed by atoms with Gasteiger partial charge in [0.05, 0.1) is 11.8 Å². The Morgan fingerprint density at radius 2 is 1.72 bits per heavy atom. The maximum Gasteiger partial charge on any atom is 0.244 e. The molecule has 1 aliphatic carbocycles. The Hall–Kier alpha value is -2.47. The predicted octanol–water partition coefficient (Wildman–Crippen LogP) is 1.64. The first kappa shape index (κ1) is 17.4. The zero-order valence-corrected chi connectivity index (χ0v) is 14.6. The second kappa shape index (κ2) is 7.19. The van der Waals surface area contributed by atoms with E-state index in [-0.39, 0.29) is 36.1 Å². The number of allylic oxidation sites excluding steroid dienone is 2. The van der Waals surface area contributed by atoms with Gasteiger partial charge in [-0.2, -0.15) is 0 Å². The molecule has 25 heavy (non-hydrogen) atoms. The monoisotopic (exact) mass is 341 g/mol. The summed E-state index contributed by atoms with van der Waals surface area (Å²) < 4.78 is 0. The number of fused-ring (bicyclic) bond motifs is 1. The minimum absolute atomic E-state index is 0.221. The summed E-state index contributed by atoms with van der Waals surface area (Å²) in [6.45, 7) is 0.467. The van der Waals surface area contributed by atoms with Crippen molar-refractivity contribution in [2.24, 2.45) is 11.8 Å². The number of para-hydroxylation sites is 1. The average molecular weight is 341 g/mol. The number of likely N-dealkylation sites (tertiary alicyclic amines) is 1. The van der Waals surface area contributed by atoms with Crippen LogP contribution < -0.4 is 5.32 Å². The molecule has 1 saturated heterocycles. The minimum Gasteiger partial charge on any atom is -0.324 e. The summed E-state index contributed by atoms with van der Waals surface area (Å²) in [6, 6.07) is 7.54. The molecule has 3 amide bonds. The van der Waals surface area contributed by atoms with Gasteiger partial charge in [0.1, 0.15) is 6.54 Å². The van der Waals surface area contributed by atoms with Gasteiger partial charge in [0, 0.05) is 12.2 Å². The molecule has 2 aliphatic rings. The van der Waals surface area contributed by atoms with E-state index in [0.29, 0.717) is 25.1 Å². The first-order valence-electron chi connectivity index (χ1n) is 8.50. The molecule has 1 aromatic rings. The largest absolute Gasteiger partial charge is 0.324 e. The van der Waals surface area contributed by atoms with E-state index < -0.39 is 0 Å². The van der Waals surface area contributed by atoms with Gasteiger partial charge in [0.2, 0.25) is 17.7 Å². The van der Waals surface area contributed by atoms with Crippen molar-refractivity contribution < 1.29 is 14.4 Å². The Bertz CT molecular complexity index is 700. The van der Waals surface area contributed by atoms with Gasteiger partial charge < -0.3 is 10.2 Å². The van der Waals surface area contributed by atoms with Crippen LogP contribution >= 0.6 is 0 Å². The van der Waals surface area contributed by atoms with Gasteiger partial charge in [-0.15, -0.1) is 0 Å². The van der Waals surface area contributed by atoms with Gasteiger partial charge >= 0.3 is 0 Å². The van der Waals surface area contributed by atoms with Crippen LogP contribution in [0.25, 0.3) is 0 Å². The highest BCUT2D eigenvalue weighted by Gasteiger charge is 2.47. The molecule has 0 bridgehead atoms. The number of carbonyl (C=O) groups is 3. The SMILES string of the molecule is CN(C)Cc1ccccc1NC(=O)CN1C(=O)[C@H]2CC=CC[C@@H]2C1=O. The molecular formula is C19H23N3O3. The van der Waals surface area contributed by atoms with Crippen molar-refractivity contribution in [3.63, 3.8) is 0 Å². The molecule has 0 saturated carbocycles. The number of benzene rings is 1. The fraction of sp³-hybridized carbons (Fsp3) is 0.421. The first-order valence-corrected chi connectivity index (χ1v) is 8.50. The molecule has 1 fully saturated rings. The van der Waals surface area contributed by atoms with Crippen LogP contribution in [0.1, 0.15) is 18.4 Å². The topological polar surface area (TPSA) is 69.7 Å². The second-order valence-electron chi connectivity index (χ2n) is 6.86. The van der Waals surface area contributed by atoms with E-state index in [0.717, 1.165) is 10.5 Å². The Morgan fingerprint density at radius 1 is 1.12 bits per heavy atom. The van der Waals surface area contributed by atoms with Crippen LogP contribution in [0.15, 0.2) is 36.4 Å². The summed E-state index contributed by atoms with van der Waals surface area (Å²) in [6.07, 6.45) is 5.04. The van der Waals surface area contributed by atoms with Crippen LogP contribution in [0.4, 0.5) is 5.69 Å². The summed E-state index contributed by atoms with van der Waals surface area (Å²) in [7, 11) is 3.91. The van der Waals surface area contributed by atoms with E-state index in [1.165, 1.54) is 0 Å². The quantitative estimate of drug-likeness (QED) is 0.653. The number of nitrogens with zero attached hydrogens (tertiary/aromatic N) is 2. The van der Waals surface area contributed by atoms with Crippen molar-refractivity contribution in [3.8, 4) is 0 Å². The zero-order valence-electron chi connectivity index (χ0n) is 14.6. The van der Waals surface area contributed by atoms with Crippen LogP contribution in [-0.4, -0.2) is 48.2 Å². The summed E-state index contributed by atoms with van der Waals surface area (Å²) in [5, 5.41) is 2.84. The molecule has 0 aromatic heterocycles. The number of imide groups is 1. The van der Waals surface area contributed by atoms with Crippen molar-refractivity contribution in [2.75, 3.05) is 26.0 Å². The first-order chi connectivity index (χ1) is 12.0. The van der Waals surface area contributed by atoms with Crippen molar-refractivity contribution >= 4 is 23.4 Å². The van der Waals surface area contributed by atoms with Crippen LogP contribution in [0.2, 0.25) is 0 Å². The smallest absolute Gasteiger partial charge is 0.244 e. The molecule has 1 N–H and O–H groups in total. The molecule has 1 heterocycles. The highest BCUT2D eigenvalue weighted by atomic mass is 16.2. The van der Waals surface area contributed by atoms with Crippen molar-refractivity contribution in [1.29, 1.82) is 0 Å². The molecule has 0 radical (unpaired) electrons. The lowest BCUT2D eigenvalue weighted by Crippen LogP contribution is -2.38. The molecule has 1 aromatic carbocycles. The molecule has 2 atom stereocenters. The third kappa shape index (κ3) is 3.64. The van der Waals surface area contributed by atoms with Gasteiger partial charge in [0.25, 0.3) is 0 Å². The summed E-state index contributed by atoms with van der Waals surface area (Å²) in [5.41, 5.74) is 1.69. The van der Waals surface area contributed by atoms with E-state index in [1.54, 1.807) is 0 Å². The number of hydrogen-bond acceptors (Lipinski definition) is 4. The van der Waals surface area contributed by atoms with E-state index >= 15 is 0 Å². The fourth-order valence-electron chi connectivity index (χ4n) is 3.48. The zero-order chi connectivity index (χ0) is 18.0. The molecule has 3 rings (SSSR count). The van der Waals surface area contributed by atoms with Crippen molar-refractivity contribution in [3.05, 3.63) is 42.0 Å².